The predicted molar refractivity (Wildman–Crippen MR) is 72.4 cm³/mol. The highest BCUT2D eigenvalue weighted by atomic mass is 35.5. The molecule has 0 bridgehead atoms. The van der Waals surface area contributed by atoms with Crippen molar-refractivity contribution in [2.45, 2.75) is 13.5 Å². The first-order valence-corrected chi connectivity index (χ1v) is 5.99. The number of nitrogens with zero attached hydrogens (tertiary/aromatic N) is 2. The van der Waals surface area contributed by atoms with Crippen LogP contribution in [0, 0.1) is 0 Å². The molecular weight excluding hydrogens is 254 g/mol. The number of oxime groups is 1. The normalized spacial score (nSPS) is 11.9. The Kier molecular flexibility index (Phi) is 5.74. The van der Waals surface area contributed by atoms with Gasteiger partial charge in [0.25, 0.3) is 0 Å². The molecule has 18 heavy (non-hydrogen) atoms. The predicted octanol–water partition coefficient (Wildman–Crippen LogP) is 1.92. The maximum absolute atomic E-state index is 8.58. The number of likely N-dealkylation sites (N-methyl/N-ethyl adjacent to an activating group) is 1. The van der Waals surface area contributed by atoms with Gasteiger partial charge in [-0.15, -0.1) is 0 Å². The van der Waals surface area contributed by atoms with E-state index in [2.05, 4.69) is 5.16 Å². The van der Waals surface area contributed by atoms with Crippen molar-refractivity contribution in [2.75, 3.05) is 20.2 Å². The number of rotatable bonds is 6. The maximum Gasteiger partial charge on any atom is 0.153 e. The van der Waals surface area contributed by atoms with E-state index < -0.39 is 0 Å². The fourth-order valence-electron chi connectivity index (χ4n) is 1.65. The molecule has 100 valence electrons. The van der Waals surface area contributed by atoms with Crippen molar-refractivity contribution in [2.24, 2.45) is 10.9 Å². The zero-order valence-corrected chi connectivity index (χ0v) is 11.3. The molecule has 1 aromatic carbocycles. The van der Waals surface area contributed by atoms with E-state index in [1.165, 1.54) is 0 Å². The van der Waals surface area contributed by atoms with E-state index in [-0.39, 0.29) is 5.84 Å². The van der Waals surface area contributed by atoms with Gasteiger partial charge in [-0.05, 0) is 24.7 Å². The molecule has 0 atom stereocenters. The highest BCUT2D eigenvalue weighted by Crippen LogP contribution is 2.23. The Hall–Kier alpha value is -1.46. The van der Waals surface area contributed by atoms with Crippen LogP contribution >= 0.6 is 11.6 Å². The number of benzene rings is 1. The molecular formula is C12H18ClN3O2. The Morgan fingerprint density at radius 3 is 2.83 bits per heavy atom. The minimum atomic E-state index is 0.179. The van der Waals surface area contributed by atoms with Crippen molar-refractivity contribution in [1.29, 1.82) is 0 Å². The van der Waals surface area contributed by atoms with Crippen molar-refractivity contribution in [3.8, 4) is 5.75 Å². The molecule has 0 unspecified atom stereocenters. The van der Waals surface area contributed by atoms with Crippen LogP contribution in [0.2, 0.25) is 5.02 Å². The topological polar surface area (TPSA) is 71.1 Å². The minimum Gasteiger partial charge on any atom is -0.496 e. The van der Waals surface area contributed by atoms with Gasteiger partial charge < -0.3 is 15.7 Å². The molecule has 0 heterocycles. The molecule has 1 aromatic rings. The fourth-order valence-corrected chi connectivity index (χ4v) is 1.85. The highest BCUT2D eigenvalue weighted by Gasteiger charge is 2.10. The van der Waals surface area contributed by atoms with E-state index in [0.29, 0.717) is 18.1 Å². The quantitative estimate of drug-likeness (QED) is 0.359. The van der Waals surface area contributed by atoms with Crippen molar-refractivity contribution < 1.29 is 9.94 Å². The maximum atomic E-state index is 8.58. The van der Waals surface area contributed by atoms with E-state index >= 15 is 0 Å². The Balaban J connectivity index is 2.83. The second-order valence-electron chi connectivity index (χ2n) is 3.85. The van der Waals surface area contributed by atoms with Crippen LogP contribution in [0.3, 0.4) is 0 Å². The van der Waals surface area contributed by atoms with E-state index in [0.717, 1.165) is 17.9 Å². The minimum absolute atomic E-state index is 0.179. The van der Waals surface area contributed by atoms with Gasteiger partial charge in [0.2, 0.25) is 0 Å². The third-order valence-electron chi connectivity index (χ3n) is 2.60. The summed E-state index contributed by atoms with van der Waals surface area (Å²) in [4.78, 5) is 2.02. The SMILES string of the molecule is CCN(CC(N)=NO)Cc1cc(Cl)ccc1OC. The van der Waals surface area contributed by atoms with Crippen LogP contribution in [0.25, 0.3) is 0 Å². The average molecular weight is 272 g/mol. The zero-order valence-electron chi connectivity index (χ0n) is 10.6. The Bertz CT molecular complexity index is 424. The molecule has 0 fully saturated rings. The van der Waals surface area contributed by atoms with Crippen LogP contribution in [-0.2, 0) is 6.54 Å². The number of nitrogens with two attached hydrogens (primary N) is 1. The van der Waals surface area contributed by atoms with Gasteiger partial charge in [-0.2, -0.15) is 0 Å². The number of methoxy groups -OCH3 is 1. The molecule has 0 aliphatic heterocycles. The molecule has 0 spiro atoms. The zero-order chi connectivity index (χ0) is 13.5. The smallest absolute Gasteiger partial charge is 0.153 e. The van der Waals surface area contributed by atoms with Crippen LogP contribution in [-0.4, -0.2) is 36.1 Å². The van der Waals surface area contributed by atoms with Gasteiger partial charge >= 0.3 is 0 Å². The second kappa shape index (κ2) is 7.08. The van der Waals surface area contributed by atoms with Gasteiger partial charge in [-0.25, -0.2) is 0 Å². The van der Waals surface area contributed by atoms with E-state index in [9.17, 15) is 0 Å². The number of ether oxygens (including phenoxy) is 1. The van der Waals surface area contributed by atoms with Gasteiger partial charge in [0.15, 0.2) is 5.84 Å². The largest absolute Gasteiger partial charge is 0.496 e. The van der Waals surface area contributed by atoms with E-state index in [1.807, 2.05) is 24.0 Å². The highest BCUT2D eigenvalue weighted by molar-refractivity contribution is 6.30. The summed E-state index contributed by atoms with van der Waals surface area (Å²) in [5.41, 5.74) is 6.47. The van der Waals surface area contributed by atoms with Crippen molar-refractivity contribution in [1.82, 2.24) is 4.90 Å². The van der Waals surface area contributed by atoms with Gasteiger partial charge in [-0.3, -0.25) is 4.90 Å². The molecule has 0 aliphatic rings. The summed E-state index contributed by atoms with van der Waals surface area (Å²) < 4.78 is 5.28. The van der Waals surface area contributed by atoms with Gasteiger partial charge in [0.1, 0.15) is 5.75 Å². The van der Waals surface area contributed by atoms with Crippen LogP contribution in [0.4, 0.5) is 0 Å². The van der Waals surface area contributed by atoms with Crippen molar-refractivity contribution >= 4 is 17.4 Å². The van der Waals surface area contributed by atoms with Gasteiger partial charge in [0.05, 0.1) is 13.7 Å². The Labute approximate surface area is 112 Å². The summed E-state index contributed by atoms with van der Waals surface area (Å²) in [5.74, 6) is 0.954. The third kappa shape index (κ3) is 4.09. The molecule has 0 aromatic heterocycles. The molecule has 0 saturated heterocycles. The lowest BCUT2D eigenvalue weighted by molar-refractivity contribution is 0.291. The third-order valence-corrected chi connectivity index (χ3v) is 2.83. The molecule has 0 saturated carbocycles. The summed E-state index contributed by atoms with van der Waals surface area (Å²) in [6.07, 6.45) is 0. The summed E-state index contributed by atoms with van der Waals surface area (Å²) >= 11 is 5.97. The first-order chi connectivity index (χ1) is 8.60. The Morgan fingerprint density at radius 1 is 1.56 bits per heavy atom. The lowest BCUT2D eigenvalue weighted by Crippen LogP contribution is -2.33. The number of hydrogen-bond donors (Lipinski definition) is 2. The summed E-state index contributed by atoms with van der Waals surface area (Å²) in [6, 6.07) is 5.47. The van der Waals surface area contributed by atoms with Gasteiger partial charge in [0, 0.05) is 17.1 Å². The molecule has 3 N–H and O–H groups in total. The van der Waals surface area contributed by atoms with Gasteiger partial charge in [-0.1, -0.05) is 23.7 Å². The van der Waals surface area contributed by atoms with Crippen LogP contribution < -0.4 is 10.5 Å². The summed E-state index contributed by atoms with van der Waals surface area (Å²) in [7, 11) is 1.62. The standard InChI is InChI=1S/C12H18ClN3O2/c1-3-16(8-12(14)15-17)7-9-6-10(13)4-5-11(9)18-2/h4-6,17H,3,7-8H2,1-2H3,(H2,14,15). The molecule has 0 radical (unpaired) electrons. The summed E-state index contributed by atoms with van der Waals surface area (Å²) in [6.45, 7) is 3.78. The van der Waals surface area contributed by atoms with Crippen LogP contribution in [0.15, 0.2) is 23.4 Å². The van der Waals surface area contributed by atoms with E-state index in [4.69, 9.17) is 27.3 Å². The molecule has 0 aliphatic carbocycles. The van der Waals surface area contributed by atoms with Crippen molar-refractivity contribution in [3.05, 3.63) is 28.8 Å². The Morgan fingerprint density at radius 2 is 2.28 bits per heavy atom. The lowest BCUT2D eigenvalue weighted by atomic mass is 10.2. The fraction of sp³-hybridized carbons (Fsp3) is 0.417. The molecule has 1 rings (SSSR count). The average Bonchev–Trinajstić information content (AvgIpc) is 2.38. The lowest BCUT2D eigenvalue weighted by Gasteiger charge is -2.21. The number of hydrogen-bond acceptors (Lipinski definition) is 4. The number of amidine groups is 1. The van der Waals surface area contributed by atoms with Crippen molar-refractivity contribution in [3.63, 3.8) is 0 Å². The number of halogens is 1. The molecule has 6 heteroatoms. The first kappa shape index (κ1) is 14.6. The van der Waals surface area contributed by atoms with E-state index in [1.54, 1.807) is 13.2 Å². The first-order valence-electron chi connectivity index (χ1n) is 5.61. The molecule has 0 amide bonds. The summed E-state index contributed by atoms with van der Waals surface area (Å²) in [5, 5.41) is 12.2. The van der Waals surface area contributed by atoms with Crippen LogP contribution in [0.1, 0.15) is 12.5 Å². The molecule has 5 nitrogen and oxygen atoms in total. The monoisotopic (exact) mass is 271 g/mol. The van der Waals surface area contributed by atoms with Crippen LogP contribution in [0.5, 0.6) is 5.75 Å². The second-order valence-corrected chi connectivity index (χ2v) is 4.29.